The molecule has 0 aromatic heterocycles. The van der Waals surface area contributed by atoms with Gasteiger partial charge in [0.15, 0.2) is 0 Å². The van der Waals surface area contributed by atoms with Crippen LogP contribution >= 0.6 is 0 Å². The highest BCUT2D eigenvalue weighted by Crippen LogP contribution is 2.06. The first kappa shape index (κ1) is 17.2. The van der Waals surface area contributed by atoms with Crippen molar-refractivity contribution in [1.29, 1.82) is 0 Å². The highest BCUT2D eigenvalue weighted by Gasteiger charge is 1.91. The summed E-state index contributed by atoms with van der Waals surface area (Å²) in [6, 6.07) is 8.17. The van der Waals surface area contributed by atoms with Gasteiger partial charge in [0, 0.05) is 13.1 Å². The summed E-state index contributed by atoms with van der Waals surface area (Å²) in [6.07, 6.45) is 9.72. The standard InChI is InChI=1S/C12H15NO.C5H10/c1-3-10-4-6-11(7-5-10)8-9-12(14)13-2;1-3-5-4-2/h4-9H,3H2,1-2H3,(H,13,14);3,5H,4H2,1-2H3/b9-8+;5-3+. The fourth-order valence-corrected chi connectivity index (χ4v) is 1.36. The van der Waals surface area contributed by atoms with Gasteiger partial charge in [-0.2, -0.15) is 0 Å². The van der Waals surface area contributed by atoms with Crippen LogP contribution in [0.15, 0.2) is 42.5 Å². The van der Waals surface area contributed by atoms with Crippen LogP contribution in [0.2, 0.25) is 0 Å². The molecule has 0 saturated heterocycles. The van der Waals surface area contributed by atoms with Gasteiger partial charge in [0.1, 0.15) is 0 Å². The molecule has 1 amide bonds. The molecule has 0 spiro atoms. The molecule has 0 unspecified atom stereocenters. The quantitative estimate of drug-likeness (QED) is 0.643. The van der Waals surface area contributed by atoms with Gasteiger partial charge in [0.2, 0.25) is 5.91 Å². The SMILES string of the molecule is C/C=C/CC.CCc1ccc(/C=C/C(=O)NC)cc1. The minimum atomic E-state index is -0.0791. The van der Waals surface area contributed by atoms with Crippen LogP contribution < -0.4 is 5.32 Å². The number of allylic oxidation sites excluding steroid dienone is 2. The van der Waals surface area contributed by atoms with Crippen molar-refractivity contribution in [3.63, 3.8) is 0 Å². The van der Waals surface area contributed by atoms with Gasteiger partial charge in [0.05, 0.1) is 0 Å². The van der Waals surface area contributed by atoms with Crippen molar-refractivity contribution >= 4 is 12.0 Å². The lowest BCUT2D eigenvalue weighted by Gasteiger charge is -1.97. The minimum absolute atomic E-state index is 0.0791. The lowest BCUT2D eigenvalue weighted by molar-refractivity contribution is -0.115. The number of benzene rings is 1. The predicted octanol–water partition coefficient (Wildman–Crippen LogP) is 3.98. The molecule has 0 saturated carbocycles. The van der Waals surface area contributed by atoms with E-state index in [1.165, 1.54) is 11.6 Å². The van der Waals surface area contributed by atoms with Crippen LogP contribution in [-0.2, 0) is 11.2 Å². The van der Waals surface area contributed by atoms with E-state index in [9.17, 15) is 4.79 Å². The highest BCUT2D eigenvalue weighted by atomic mass is 16.1. The number of rotatable bonds is 4. The second-order valence-electron chi connectivity index (χ2n) is 4.02. The molecule has 1 aromatic rings. The Kier molecular flexibility index (Phi) is 10.2. The normalized spacial score (nSPS) is 10.3. The zero-order valence-corrected chi connectivity index (χ0v) is 12.4. The van der Waals surface area contributed by atoms with Crippen molar-refractivity contribution in [2.45, 2.75) is 33.6 Å². The molecule has 0 atom stereocenters. The van der Waals surface area contributed by atoms with E-state index in [2.05, 4.69) is 43.4 Å². The summed E-state index contributed by atoms with van der Waals surface area (Å²) < 4.78 is 0. The number of carbonyl (C=O) groups is 1. The molecule has 2 nitrogen and oxygen atoms in total. The Morgan fingerprint density at radius 2 is 1.84 bits per heavy atom. The lowest BCUT2D eigenvalue weighted by atomic mass is 10.1. The van der Waals surface area contributed by atoms with Crippen LogP contribution in [0.3, 0.4) is 0 Å². The van der Waals surface area contributed by atoms with Gasteiger partial charge in [0.25, 0.3) is 0 Å². The van der Waals surface area contributed by atoms with Gasteiger partial charge in [-0.05, 0) is 37.0 Å². The maximum atomic E-state index is 10.9. The van der Waals surface area contributed by atoms with E-state index in [0.717, 1.165) is 18.4 Å². The van der Waals surface area contributed by atoms with Crippen molar-refractivity contribution in [3.8, 4) is 0 Å². The van der Waals surface area contributed by atoms with E-state index in [1.807, 2.05) is 19.1 Å². The molecule has 104 valence electrons. The van der Waals surface area contributed by atoms with E-state index in [0.29, 0.717) is 0 Å². The van der Waals surface area contributed by atoms with E-state index >= 15 is 0 Å². The summed E-state index contributed by atoms with van der Waals surface area (Å²) in [4.78, 5) is 10.9. The van der Waals surface area contributed by atoms with Crippen molar-refractivity contribution in [2.24, 2.45) is 0 Å². The minimum Gasteiger partial charge on any atom is -0.356 e. The number of likely N-dealkylation sites (N-methyl/N-ethyl adjacent to an activating group) is 1. The number of hydrogen-bond donors (Lipinski definition) is 1. The fraction of sp³-hybridized carbons (Fsp3) is 0.353. The third-order valence-corrected chi connectivity index (χ3v) is 2.53. The molecule has 0 bridgehead atoms. The average molecular weight is 259 g/mol. The maximum Gasteiger partial charge on any atom is 0.243 e. The largest absolute Gasteiger partial charge is 0.356 e. The Hall–Kier alpha value is -1.83. The van der Waals surface area contributed by atoms with Crippen LogP contribution in [0.5, 0.6) is 0 Å². The number of amides is 1. The Morgan fingerprint density at radius 1 is 1.21 bits per heavy atom. The molecule has 1 N–H and O–H groups in total. The monoisotopic (exact) mass is 259 g/mol. The Bertz CT molecular complexity index is 402. The molecule has 0 aliphatic heterocycles. The van der Waals surface area contributed by atoms with Crippen molar-refractivity contribution < 1.29 is 4.79 Å². The molecule has 0 fully saturated rings. The zero-order chi connectivity index (χ0) is 14.5. The Labute approximate surface area is 117 Å². The number of hydrogen-bond acceptors (Lipinski definition) is 1. The number of nitrogens with one attached hydrogen (secondary N) is 1. The van der Waals surface area contributed by atoms with E-state index < -0.39 is 0 Å². The van der Waals surface area contributed by atoms with E-state index in [4.69, 9.17) is 0 Å². The van der Waals surface area contributed by atoms with Crippen LogP contribution in [-0.4, -0.2) is 13.0 Å². The van der Waals surface area contributed by atoms with Crippen molar-refractivity contribution in [2.75, 3.05) is 7.05 Å². The predicted molar refractivity (Wildman–Crippen MR) is 84.0 cm³/mol. The van der Waals surface area contributed by atoms with Crippen LogP contribution in [0, 0.1) is 0 Å². The van der Waals surface area contributed by atoms with E-state index in [1.54, 1.807) is 13.1 Å². The molecule has 0 aliphatic carbocycles. The maximum absolute atomic E-state index is 10.9. The molecule has 0 aliphatic rings. The lowest BCUT2D eigenvalue weighted by Crippen LogP contribution is -2.13. The molecule has 0 heterocycles. The summed E-state index contributed by atoms with van der Waals surface area (Å²) in [5, 5.41) is 2.53. The number of aryl methyl sites for hydroxylation is 1. The van der Waals surface area contributed by atoms with Gasteiger partial charge < -0.3 is 5.32 Å². The molecule has 1 rings (SSSR count). The zero-order valence-electron chi connectivity index (χ0n) is 12.4. The molecule has 2 heteroatoms. The van der Waals surface area contributed by atoms with Gasteiger partial charge in [-0.1, -0.05) is 50.3 Å². The third-order valence-electron chi connectivity index (χ3n) is 2.53. The van der Waals surface area contributed by atoms with Crippen LogP contribution in [0.1, 0.15) is 38.3 Å². The summed E-state index contributed by atoms with van der Waals surface area (Å²) in [6.45, 7) is 6.28. The van der Waals surface area contributed by atoms with E-state index in [-0.39, 0.29) is 5.91 Å². The Balaban J connectivity index is 0.000000555. The Morgan fingerprint density at radius 3 is 2.21 bits per heavy atom. The summed E-state index contributed by atoms with van der Waals surface area (Å²) >= 11 is 0. The van der Waals surface area contributed by atoms with Crippen LogP contribution in [0.25, 0.3) is 6.08 Å². The first-order chi connectivity index (χ1) is 9.17. The summed E-state index contributed by atoms with van der Waals surface area (Å²) in [5.74, 6) is -0.0791. The molecule has 1 aromatic carbocycles. The summed E-state index contributed by atoms with van der Waals surface area (Å²) in [7, 11) is 1.62. The molecule has 19 heavy (non-hydrogen) atoms. The molecular formula is C17H25NO. The second-order valence-corrected chi connectivity index (χ2v) is 4.02. The third kappa shape index (κ3) is 8.83. The van der Waals surface area contributed by atoms with Gasteiger partial charge in [-0.15, -0.1) is 0 Å². The van der Waals surface area contributed by atoms with Crippen molar-refractivity contribution in [1.82, 2.24) is 5.32 Å². The number of carbonyl (C=O) groups excluding carboxylic acids is 1. The fourth-order valence-electron chi connectivity index (χ4n) is 1.36. The highest BCUT2D eigenvalue weighted by molar-refractivity contribution is 5.91. The molecular weight excluding hydrogens is 234 g/mol. The first-order valence-electron chi connectivity index (χ1n) is 6.77. The summed E-state index contributed by atoms with van der Waals surface area (Å²) in [5.41, 5.74) is 2.35. The van der Waals surface area contributed by atoms with Gasteiger partial charge in [-0.25, -0.2) is 0 Å². The second kappa shape index (κ2) is 11.3. The van der Waals surface area contributed by atoms with Crippen LogP contribution in [0.4, 0.5) is 0 Å². The smallest absolute Gasteiger partial charge is 0.243 e. The van der Waals surface area contributed by atoms with Crippen molar-refractivity contribution in [3.05, 3.63) is 53.6 Å². The topological polar surface area (TPSA) is 29.1 Å². The first-order valence-corrected chi connectivity index (χ1v) is 6.77. The molecule has 0 radical (unpaired) electrons. The van der Waals surface area contributed by atoms with Gasteiger partial charge in [-0.3, -0.25) is 4.79 Å². The van der Waals surface area contributed by atoms with Gasteiger partial charge >= 0.3 is 0 Å². The average Bonchev–Trinajstić information content (AvgIpc) is 2.46.